The molecule has 21 heavy (non-hydrogen) atoms. The molecule has 112 valence electrons. The number of nitrogens with one attached hydrogen (secondary N) is 1. The van der Waals surface area contributed by atoms with Crippen LogP contribution in [0.3, 0.4) is 0 Å². The summed E-state index contributed by atoms with van der Waals surface area (Å²) in [6, 6.07) is 6.20. The van der Waals surface area contributed by atoms with Gasteiger partial charge in [0.25, 0.3) is 0 Å². The van der Waals surface area contributed by atoms with Gasteiger partial charge in [0.1, 0.15) is 0 Å². The van der Waals surface area contributed by atoms with Crippen LogP contribution in [0.2, 0.25) is 0 Å². The number of benzene rings is 1. The van der Waals surface area contributed by atoms with Gasteiger partial charge in [-0.2, -0.15) is 0 Å². The standard InChI is InChI=1S/C16H21N3O2/c1-11(19-12(2)14-10-17-7-8-18-14)13-5-6-15(20-3)16(9-13)21-4/h5-12,19H,1-4H3. The molecule has 0 saturated carbocycles. The molecule has 0 amide bonds. The number of hydrogen-bond donors (Lipinski definition) is 1. The van der Waals surface area contributed by atoms with E-state index in [0.29, 0.717) is 0 Å². The second-order valence-electron chi connectivity index (χ2n) is 4.85. The summed E-state index contributed by atoms with van der Waals surface area (Å²) in [6.07, 6.45) is 5.15. The van der Waals surface area contributed by atoms with Crippen LogP contribution < -0.4 is 14.8 Å². The molecule has 2 aromatic rings. The highest BCUT2D eigenvalue weighted by Gasteiger charge is 2.14. The summed E-state index contributed by atoms with van der Waals surface area (Å²) in [5, 5.41) is 3.50. The van der Waals surface area contributed by atoms with Crippen LogP contribution in [0.15, 0.2) is 36.8 Å². The lowest BCUT2D eigenvalue weighted by Crippen LogP contribution is -2.23. The maximum atomic E-state index is 5.34. The van der Waals surface area contributed by atoms with Crippen molar-refractivity contribution in [2.75, 3.05) is 14.2 Å². The van der Waals surface area contributed by atoms with Crippen LogP contribution in [0.1, 0.15) is 37.2 Å². The number of methoxy groups -OCH3 is 2. The van der Waals surface area contributed by atoms with Gasteiger partial charge in [0.2, 0.25) is 0 Å². The molecule has 2 unspecified atom stereocenters. The molecule has 2 atom stereocenters. The van der Waals surface area contributed by atoms with Gasteiger partial charge < -0.3 is 14.8 Å². The topological polar surface area (TPSA) is 56.3 Å². The predicted molar refractivity (Wildman–Crippen MR) is 81.5 cm³/mol. The van der Waals surface area contributed by atoms with Crippen LogP contribution in [0.4, 0.5) is 0 Å². The minimum absolute atomic E-state index is 0.113. The highest BCUT2D eigenvalue weighted by atomic mass is 16.5. The molecule has 5 nitrogen and oxygen atoms in total. The van der Waals surface area contributed by atoms with Crippen molar-refractivity contribution in [1.82, 2.24) is 15.3 Å². The monoisotopic (exact) mass is 287 g/mol. The number of aromatic nitrogens is 2. The first kappa shape index (κ1) is 15.3. The van der Waals surface area contributed by atoms with Crippen molar-refractivity contribution >= 4 is 0 Å². The van der Waals surface area contributed by atoms with Gasteiger partial charge in [-0.1, -0.05) is 6.07 Å². The van der Waals surface area contributed by atoms with E-state index in [1.54, 1.807) is 32.8 Å². The van der Waals surface area contributed by atoms with E-state index in [-0.39, 0.29) is 12.1 Å². The van der Waals surface area contributed by atoms with Crippen molar-refractivity contribution in [2.45, 2.75) is 25.9 Å². The molecular formula is C16H21N3O2. The largest absolute Gasteiger partial charge is 0.493 e. The van der Waals surface area contributed by atoms with E-state index in [4.69, 9.17) is 9.47 Å². The fourth-order valence-corrected chi connectivity index (χ4v) is 2.21. The van der Waals surface area contributed by atoms with Crippen LogP contribution in [-0.4, -0.2) is 24.2 Å². The Morgan fingerprint density at radius 3 is 2.38 bits per heavy atom. The average Bonchev–Trinajstić information content (AvgIpc) is 2.54. The Morgan fingerprint density at radius 1 is 1.00 bits per heavy atom. The van der Waals surface area contributed by atoms with E-state index in [1.807, 2.05) is 18.2 Å². The quantitative estimate of drug-likeness (QED) is 0.885. The number of hydrogen-bond acceptors (Lipinski definition) is 5. The van der Waals surface area contributed by atoms with Crippen molar-refractivity contribution in [2.24, 2.45) is 0 Å². The minimum atomic E-state index is 0.113. The molecule has 0 spiro atoms. The maximum Gasteiger partial charge on any atom is 0.161 e. The summed E-state index contributed by atoms with van der Waals surface area (Å²) >= 11 is 0. The van der Waals surface area contributed by atoms with Crippen LogP contribution in [0.5, 0.6) is 11.5 Å². The lowest BCUT2D eigenvalue weighted by atomic mass is 10.1. The van der Waals surface area contributed by atoms with E-state index >= 15 is 0 Å². The van der Waals surface area contributed by atoms with Crippen molar-refractivity contribution in [3.8, 4) is 11.5 Å². The second-order valence-corrected chi connectivity index (χ2v) is 4.85. The van der Waals surface area contributed by atoms with Gasteiger partial charge in [0, 0.05) is 30.7 Å². The van der Waals surface area contributed by atoms with Gasteiger partial charge in [0.05, 0.1) is 19.9 Å². The lowest BCUT2D eigenvalue weighted by molar-refractivity contribution is 0.353. The highest BCUT2D eigenvalue weighted by Crippen LogP contribution is 2.30. The molecule has 0 aliphatic heterocycles. The van der Waals surface area contributed by atoms with Crippen LogP contribution in [-0.2, 0) is 0 Å². The van der Waals surface area contributed by atoms with Crippen molar-refractivity contribution in [1.29, 1.82) is 0 Å². The first-order chi connectivity index (χ1) is 10.2. The van der Waals surface area contributed by atoms with E-state index in [9.17, 15) is 0 Å². The zero-order chi connectivity index (χ0) is 15.2. The second kappa shape index (κ2) is 7.04. The molecule has 1 heterocycles. The van der Waals surface area contributed by atoms with Gasteiger partial charge in [-0.3, -0.25) is 9.97 Å². The fourth-order valence-electron chi connectivity index (χ4n) is 2.21. The Hall–Kier alpha value is -2.14. The summed E-state index contributed by atoms with van der Waals surface area (Å²) in [7, 11) is 3.28. The van der Waals surface area contributed by atoms with Crippen molar-refractivity contribution in [3.05, 3.63) is 48.0 Å². The highest BCUT2D eigenvalue weighted by molar-refractivity contribution is 5.43. The molecule has 0 bridgehead atoms. The summed E-state index contributed by atoms with van der Waals surface area (Å²) in [6.45, 7) is 4.18. The minimum Gasteiger partial charge on any atom is -0.493 e. The van der Waals surface area contributed by atoms with Gasteiger partial charge in [0.15, 0.2) is 11.5 Å². The van der Waals surface area contributed by atoms with E-state index < -0.39 is 0 Å². The molecule has 0 aliphatic rings. The van der Waals surface area contributed by atoms with Gasteiger partial charge >= 0.3 is 0 Å². The first-order valence-corrected chi connectivity index (χ1v) is 6.89. The summed E-state index contributed by atoms with van der Waals surface area (Å²) in [5.41, 5.74) is 2.05. The Labute approximate surface area is 125 Å². The fraction of sp³-hybridized carbons (Fsp3) is 0.375. The lowest BCUT2D eigenvalue weighted by Gasteiger charge is -2.20. The molecule has 1 N–H and O–H groups in total. The first-order valence-electron chi connectivity index (χ1n) is 6.89. The maximum absolute atomic E-state index is 5.34. The van der Waals surface area contributed by atoms with E-state index in [0.717, 1.165) is 22.8 Å². The average molecular weight is 287 g/mol. The molecule has 0 fully saturated rings. The zero-order valence-electron chi connectivity index (χ0n) is 12.8. The molecule has 0 radical (unpaired) electrons. The third kappa shape index (κ3) is 3.70. The number of ether oxygens (including phenoxy) is 2. The summed E-state index contributed by atoms with van der Waals surface area (Å²) < 4.78 is 10.6. The number of rotatable bonds is 6. The van der Waals surface area contributed by atoms with E-state index in [2.05, 4.69) is 29.1 Å². The zero-order valence-corrected chi connectivity index (χ0v) is 12.8. The molecule has 1 aromatic carbocycles. The molecule has 5 heteroatoms. The van der Waals surface area contributed by atoms with Crippen molar-refractivity contribution in [3.63, 3.8) is 0 Å². The molecule has 1 aromatic heterocycles. The Balaban J connectivity index is 2.11. The Kier molecular flexibility index (Phi) is 5.11. The van der Waals surface area contributed by atoms with Gasteiger partial charge in [-0.05, 0) is 31.5 Å². The molecule has 2 rings (SSSR count). The third-order valence-electron chi connectivity index (χ3n) is 3.43. The van der Waals surface area contributed by atoms with Crippen LogP contribution in [0, 0.1) is 0 Å². The number of nitrogens with zero attached hydrogens (tertiary/aromatic N) is 2. The van der Waals surface area contributed by atoms with Crippen molar-refractivity contribution < 1.29 is 9.47 Å². The third-order valence-corrected chi connectivity index (χ3v) is 3.43. The van der Waals surface area contributed by atoms with Crippen LogP contribution in [0.25, 0.3) is 0 Å². The summed E-state index contributed by atoms with van der Waals surface area (Å²) in [4.78, 5) is 8.41. The molecular weight excluding hydrogens is 266 g/mol. The van der Waals surface area contributed by atoms with Gasteiger partial charge in [-0.25, -0.2) is 0 Å². The Morgan fingerprint density at radius 2 is 1.76 bits per heavy atom. The molecule has 0 saturated heterocycles. The van der Waals surface area contributed by atoms with Crippen LogP contribution >= 0.6 is 0 Å². The van der Waals surface area contributed by atoms with Gasteiger partial charge in [-0.15, -0.1) is 0 Å². The smallest absolute Gasteiger partial charge is 0.161 e. The predicted octanol–water partition coefficient (Wildman–Crippen LogP) is 2.91. The SMILES string of the molecule is COc1ccc(C(C)NC(C)c2cnccn2)cc1OC. The Bertz CT molecular complexity index is 575. The normalized spacial score (nSPS) is 13.5. The van der Waals surface area contributed by atoms with E-state index in [1.165, 1.54) is 0 Å². The molecule has 0 aliphatic carbocycles. The summed E-state index contributed by atoms with van der Waals surface area (Å²) in [5.74, 6) is 1.46.